The summed E-state index contributed by atoms with van der Waals surface area (Å²) < 4.78 is 0. The molecule has 0 unspecified atom stereocenters. The maximum absolute atomic E-state index is 12.0. The van der Waals surface area contributed by atoms with Crippen LogP contribution in [0.3, 0.4) is 0 Å². The zero-order chi connectivity index (χ0) is 15.0. The van der Waals surface area contributed by atoms with Gasteiger partial charge in [-0.25, -0.2) is 4.79 Å². The van der Waals surface area contributed by atoms with Crippen LogP contribution >= 0.6 is 0 Å². The molecule has 0 aromatic rings. The van der Waals surface area contributed by atoms with E-state index >= 15 is 0 Å². The van der Waals surface area contributed by atoms with Gasteiger partial charge in [-0.2, -0.15) is 0 Å². The SMILES string of the molecule is CC(C)CCCNC(=O)N1CCCN(CC(=O)O)CC1. The molecule has 1 rings (SSSR count). The van der Waals surface area contributed by atoms with Gasteiger partial charge in [0.2, 0.25) is 0 Å². The Labute approximate surface area is 121 Å². The lowest BCUT2D eigenvalue weighted by molar-refractivity contribution is -0.138. The second-order valence-electron chi connectivity index (χ2n) is 5.78. The molecule has 2 N–H and O–H groups in total. The monoisotopic (exact) mass is 285 g/mol. The Morgan fingerprint density at radius 1 is 1.20 bits per heavy atom. The zero-order valence-corrected chi connectivity index (χ0v) is 12.6. The molecule has 0 saturated carbocycles. The largest absolute Gasteiger partial charge is 0.480 e. The molecule has 2 amide bonds. The Bertz CT molecular complexity index is 321. The fourth-order valence-electron chi connectivity index (χ4n) is 2.34. The molecule has 0 aromatic carbocycles. The van der Waals surface area contributed by atoms with Crippen LogP contribution in [0.1, 0.15) is 33.1 Å². The molecule has 1 fully saturated rings. The summed E-state index contributed by atoms with van der Waals surface area (Å²) in [5, 5.41) is 11.7. The molecule has 1 saturated heterocycles. The molecule has 6 heteroatoms. The summed E-state index contributed by atoms with van der Waals surface area (Å²) in [5.74, 6) is -0.147. The summed E-state index contributed by atoms with van der Waals surface area (Å²) >= 11 is 0. The van der Waals surface area contributed by atoms with E-state index in [4.69, 9.17) is 5.11 Å². The summed E-state index contributed by atoms with van der Waals surface area (Å²) in [6.07, 6.45) is 2.95. The number of hydrogen-bond donors (Lipinski definition) is 2. The molecule has 20 heavy (non-hydrogen) atoms. The average Bonchev–Trinajstić information content (AvgIpc) is 2.59. The van der Waals surface area contributed by atoms with Crippen LogP contribution in [0.25, 0.3) is 0 Å². The van der Waals surface area contributed by atoms with E-state index in [-0.39, 0.29) is 12.6 Å². The van der Waals surface area contributed by atoms with Gasteiger partial charge in [0.1, 0.15) is 0 Å². The van der Waals surface area contributed by atoms with Gasteiger partial charge in [0.05, 0.1) is 6.54 Å². The Morgan fingerprint density at radius 3 is 2.60 bits per heavy atom. The average molecular weight is 285 g/mol. The summed E-state index contributed by atoms with van der Waals surface area (Å²) in [7, 11) is 0. The summed E-state index contributed by atoms with van der Waals surface area (Å²) in [4.78, 5) is 26.4. The number of carboxylic acid groups (broad SMARTS) is 1. The molecule has 1 aliphatic heterocycles. The van der Waals surface area contributed by atoms with Gasteiger partial charge >= 0.3 is 12.0 Å². The molecule has 0 bridgehead atoms. The molecular weight excluding hydrogens is 258 g/mol. The third kappa shape index (κ3) is 6.75. The van der Waals surface area contributed by atoms with Crippen molar-refractivity contribution in [3.63, 3.8) is 0 Å². The molecule has 6 nitrogen and oxygen atoms in total. The number of carbonyl (C=O) groups is 2. The number of amides is 2. The predicted octanol–water partition coefficient (Wildman–Crippen LogP) is 1.22. The van der Waals surface area contributed by atoms with E-state index in [1.165, 1.54) is 0 Å². The lowest BCUT2D eigenvalue weighted by atomic mass is 10.1. The predicted molar refractivity (Wildman–Crippen MR) is 77.7 cm³/mol. The number of carboxylic acids is 1. The highest BCUT2D eigenvalue weighted by Crippen LogP contribution is 2.04. The molecule has 0 radical (unpaired) electrons. The third-order valence-electron chi connectivity index (χ3n) is 3.47. The first-order chi connectivity index (χ1) is 9.49. The number of rotatable bonds is 6. The van der Waals surface area contributed by atoms with Crippen molar-refractivity contribution in [2.24, 2.45) is 5.92 Å². The highest BCUT2D eigenvalue weighted by Gasteiger charge is 2.19. The number of hydrogen-bond acceptors (Lipinski definition) is 3. The van der Waals surface area contributed by atoms with Gasteiger partial charge in [-0.15, -0.1) is 0 Å². The van der Waals surface area contributed by atoms with Gasteiger partial charge in [0.15, 0.2) is 0 Å². The second-order valence-corrected chi connectivity index (χ2v) is 5.78. The standard InChI is InChI=1S/C14H27N3O3/c1-12(2)5-3-6-15-14(20)17-8-4-7-16(9-10-17)11-13(18)19/h12H,3-11H2,1-2H3,(H,15,20)(H,18,19). The minimum Gasteiger partial charge on any atom is -0.480 e. The van der Waals surface area contributed by atoms with Crippen molar-refractivity contribution in [2.45, 2.75) is 33.1 Å². The number of nitrogens with zero attached hydrogens (tertiary/aromatic N) is 2. The van der Waals surface area contributed by atoms with E-state index in [1.807, 2.05) is 4.90 Å². The number of nitrogens with one attached hydrogen (secondary N) is 1. The van der Waals surface area contributed by atoms with E-state index in [2.05, 4.69) is 19.2 Å². The van der Waals surface area contributed by atoms with E-state index < -0.39 is 5.97 Å². The topological polar surface area (TPSA) is 72.9 Å². The first-order valence-electron chi connectivity index (χ1n) is 7.46. The molecule has 0 aliphatic carbocycles. The molecular formula is C14H27N3O3. The van der Waals surface area contributed by atoms with Crippen molar-refractivity contribution in [3.8, 4) is 0 Å². The fraction of sp³-hybridized carbons (Fsp3) is 0.857. The Hall–Kier alpha value is -1.30. The van der Waals surface area contributed by atoms with Crippen molar-refractivity contribution in [2.75, 3.05) is 39.3 Å². The molecule has 116 valence electrons. The van der Waals surface area contributed by atoms with Gasteiger partial charge in [0, 0.05) is 32.7 Å². The number of carbonyl (C=O) groups excluding carboxylic acids is 1. The van der Waals surface area contributed by atoms with Crippen LogP contribution in [-0.4, -0.2) is 66.2 Å². The molecule has 0 spiro atoms. The Morgan fingerprint density at radius 2 is 1.95 bits per heavy atom. The minimum absolute atomic E-state index is 0.0223. The van der Waals surface area contributed by atoms with Crippen LogP contribution in [0.5, 0.6) is 0 Å². The lowest BCUT2D eigenvalue weighted by Crippen LogP contribution is -2.42. The Kier molecular flexibility index (Phi) is 7.36. The maximum Gasteiger partial charge on any atom is 0.317 e. The lowest BCUT2D eigenvalue weighted by Gasteiger charge is -2.21. The van der Waals surface area contributed by atoms with Crippen molar-refractivity contribution >= 4 is 12.0 Å². The highest BCUT2D eigenvalue weighted by molar-refractivity contribution is 5.74. The van der Waals surface area contributed by atoms with Crippen molar-refractivity contribution in [3.05, 3.63) is 0 Å². The van der Waals surface area contributed by atoms with Gasteiger partial charge in [-0.1, -0.05) is 13.8 Å². The fourth-order valence-corrected chi connectivity index (χ4v) is 2.34. The molecule has 0 atom stereocenters. The zero-order valence-electron chi connectivity index (χ0n) is 12.6. The number of urea groups is 1. The summed E-state index contributed by atoms with van der Waals surface area (Å²) in [5.41, 5.74) is 0. The van der Waals surface area contributed by atoms with Crippen LogP contribution in [-0.2, 0) is 4.79 Å². The second kappa shape index (κ2) is 8.79. The van der Waals surface area contributed by atoms with Crippen molar-refractivity contribution in [1.82, 2.24) is 15.1 Å². The van der Waals surface area contributed by atoms with E-state index in [9.17, 15) is 9.59 Å². The summed E-state index contributed by atoms with van der Waals surface area (Å²) in [6.45, 7) is 7.79. The molecule has 0 aromatic heterocycles. The highest BCUT2D eigenvalue weighted by atomic mass is 16.4. The smallest absolute Gasteiger partial charge is 0.317 e. The van der Waals surface area contributed by atoms with Gasteiger partial charge in [-0.3, -0.25) is 9.69 Å². The van der Waals surface area contributed by atoms with Crippen molar-refractivity contribution in [1.29, 1.82) is 0 Å². The molecule has 1 heterocycles. The third-order valence-corrected chi connectivity index (χ3v) is 3.47. The first-order valence-corrected chi connectivity index (χ1v) is 7.46. The maximum atomic E-state index is 12.0. The normalized spacial score (nSPS) is 17.1. The van der Waals surface area contributed by atoms with Gasteiger partial charge < -0.3 is 15.3 Å². The number of aliphatic carboxylic acids is 1. The van der Waals surface area contributed by atoms with Crippen LogP contribution in [0.15, 0.2) is 0 Å². The van der Waals surface area contributed by atoms with E-state index in [1.54, 1.807) is 4.90 Å². The summed E-state index contributed by atoms with van der Waals surface area (Å²) in [6, 6.07) is -0.0223. The van der Waals surface area contributed by atoms with E-state index in [0.29, 0.717) is 32.1 Å². The first kappa shape index (κ1) is 16.8. The Balaban J connectivity index is 2.25. The minimum atomic E-state index is -0.809. The van der Waals surface area contributed by atoms with Crippen LogP contribution < -0.4 is 5.32 Å². The van der Waals surface area contributed by atoms with E-state index in [0.717, 1.165) is 25.8 Å². The van der Waals surface area contributed by atoms with Crippen LogP contribution in [0.4, 0.5) is 4.79 Å². The van der Waals surface area contributed by atoms with Gasteiger partial charge in [-0.05, 0) is 25.2 Å². The quantitative estimate of drug-likeness (QED) is 0.720. The van der Waals surface area contributed by atoms with Crippen LogP contribution in [0.2, 0.25) is 0 Å². The van der Waals surface area contributed by atoms with Crippen molar-refractivity contribution < 1.29 is 14.7 Å². The van der Waals surface area contributed by atoms with Crippen LogP contribution in [0, 0.1) is 5.92 Å². The van der Waals surface area contributed by atoms with Gasteiger partial charge in [0.25, 0.3) is 0 Å². The molecule has 1 aliphatic rings.